The first-order valence-electron chi connectivity index (χ1n) is 5.63. The Bertz CT molecular complexity index is 334. The minimum Gasteiger partial charge on any atom is -0.301 e. The zero-order chi connectivity index (χ0) is 12.0. The molecule has 1 fully saturated rings. The van der Waals surface area contributed by atoms with Gasteiger partial charge in [-0.15, -0.1) is 0 Å². The minimum atomic E-state index is -2.82. The van der Waals surface area contributed by atoms with Crippen molar-refractivity contribution in [1.82, 2.24) is 10.2 Å². The number of hydrogen-bond donors (Lipinski definition) is 1. The molecule has 16 heavy (non-hydrogen) atoms. The molecule has 0 aromatic rings. The first-order valence-corrected chi connectivity index (χ1v) is 7.45. The van der Waals surface area contributed by atoms with Crippen LogP contribution in [-0.2, 0) is 9.84 Å². The predicted octanol–water partition coefficient (Wildman–Crippen LogP) is -0.391. The highest BCUT2D eigenvalue weighted by Crippen LogP contribution is 2.04. The van der Waals surface area contributed by atoms with Crippen molar-refractivity contribution in [2.24, 2.45) is 0 Å². The highest BCUT2D eigenvalue weighted by molar-refractivity contribution is 7.91. The summed E-state index contributed by atoms with van der Waals surface area (Å²) in [6, 6.07) is 2.01. The van der Waals surface area contributed by atoms with E-state index in [0.29, 0.717) is 19.6 Å². The lowest BCUT2D eigenvalue weighted by Gasteiger charge is -2.28. The molecule has 1 unspecified atom stereocenters. The van der Waals surface area contributed by atoms with Crippen LogP contribution in [0, 0.1) is 11.3 Å². The van der Waals surface area contributed by atoms with Gasteiger partial charge >= 0.3 is 0 Å². The molecule has 0 aliphatic carbocycles. The van der Waals surface area contributed by atoms with Crippen molar-refractivity contribution in [3.8, 4) is 6.07 Å². The molecular formula is C10H19N3O2S. The van der Waals surface area contributed by atoms with Crippen molar-refractivity contribution >= 4 is 9.84 Å². The van der Waals surface area contributed by atoms with E-state index >= 15 is 0 Å². The Labute approximate surface area is 97.3 Å². The van der Waals surface area contributed by atoms with Crippen molar-refractivity contribution in [3.05, 3.63) is 0 Å². The monoisotopic (exact) mass is 245 g/mol. The molecular weight excluding hydrogens is 226 g/mol. The fourth-order valence-electron chi connectivity index (χ4n) is 1.66. The molecule has 1 aliphatic rings. The van der Waals surface area contributed by atoms with E-state index in [1.807, 2.05) is 4.90 Å². The second-order valence-corrected chi connectivity index (χ2v) is 6.39. The molecule has 6 heteroatoms. The van der Waals surface area contributed by atoms with Crippen molar-refractivity contribution in [1.29, 1.82) is 5.26 Å². The molecule has 0 bridgehead atoms. The summed E-state index contributed by atoms with van der Waals surface area (Å²) >= 11 is 0. The van der Waals surface area contributed by atoms with E-state index in [1.54, 1.807) is 0 Å². The van der Waals surface area contributed by atoms with E-state index in [1.165, 1.54) is 0 Å². The second-order valence-electron chi connectivity index (χ2n) is 4.09. The summed E-state index contributed by atoms with van der Waals surface area (Å²) in [5, 5.41) is 12.1. The van der Waals surface area contributed by atoms with Crippen LogP contribution in [0.4, 0.5) is 0 Å². The Kier molecular flexibility index (Phi) is 5.19. The van der Waals surface area contributed by atoms with Crippen LogP contribution in [-0.4, -0.2) is 57.0 Å². The number of nitriles is 1. The smallest absolute Gasteiger partial charge is 0.152 e. The Morgan fingerprint density at radius 3 is 2.56 bits per heavy atom. The van der Waals surface area contributed by atoms with Crippen molar-refractivity contribution in [3.63, 3.8) is 0 Å². The fraction of sp³-hybridized carbons (Fsp3) is 0.900. The first kappa shape index (κ1) is 13.4. The zero-order valence-electron chi connectivity index (χ0n) is 9.65. The van der Waals surface area contributed by atoms with Crippen LogP contribution >= 0.6 is 0 Å². The first-order chi connectivity index (χ1) is 7.57. The van der Waals surface area contributed by atoms with Gasteiger partial charge in [-0.25, -0.2) is 8.42 Å². The molecule has 92 valence electrons. The Morgan fingerprint density at radius 2 is 2.06 bits per heavy atom. The molecule has 1 rings (SSSR count). The van der Waals surface area contributed by atoms with Gasteiger partial charge in [0.15, 0.2) is 9.84 Å². The molecule has 0 spiro atoms. The van der Waals surface area contributed by atoms with Gasteiger partial charge < -0.3 is 5.32 Å². The number of hydrogen-bond acceptors (Lipinski definition) is 5. The molecule has 1 heterocycles. The molecule has 0 amide bonds. The van der Waals surface area contributed by atoms with Gasteiger partial charge in [-0.1, -0.05) is 6.92 Å². The summed E-state index contributed by atoms with van der Waals surface area (Å²) < 4.78 is 22.4. The molecule has 0 aromatic carbocycles. The summed E-state index contributed by atoms with van der Waals surface area (Å²) in [6.07, 6.45) is 0.993. The van der Waals surface area contributed by atoms with Gasteiger partial charge in [0.2, 0.25) is 0 Å². The van der Waals surface area contributed by atoms with Gasteiger partial charge in [0.25, 0.3) is 0 Å². The van der Waals surface area contributed by atoms with E-state index in [-0.39, 0.29) is 17.5 Å². The van der Waals surface area contributed by atoms with E-state index in [4.69, 9.17) is 5.26 Å². The molecule has 1 aliphatic heterocycles. The average Bonchev–Trinajstić information content (AvgIpc) is 2.26. The number of nitrogens with one attached hydrogen (secondary N) is 1. The van der Waals surface area contributed by atoms with Gasteiger partial charge in [-0.2, -0.15) is 5.26 Å². The van der Waals surface area contributed by atoms with E-state index in [0.717, 1.165) is 13.0 Å². The third-order valence-corrected chi connectivity index (χ3v) is 4.28. The number of nitrogens with zero attached hydrogens (tertiary/aromatic N) is 2. The largest absolute Gasteiger partial charge is 0.301 e. The summed E-state index contributed by atoms with van der Waals surface area (Å²) in [5.41, 5.74) is 0. The summed E-state index contributed by atoms with van der Waals surface area (Å²) in [6.45, 7) is 4.59. The lowest BCUT2D eigenvalue weighted by Crippen LogP contribution is -2.47. The SMILES string of the molecule is CCCNC(C#N)CN1CCS(=O)(=O)CC1. The zero-order valence-corrected chi connectivity index (χ0v) is 10.5. The normalized spacial score (nSPS) is 22.5. The molecule has 1 N–H and O–H groups in total. The number of sulfone groups is 1. The third-order valence-electron chi connectivity index (χ3n) is 2.67. The van der Waals surface area contributed by atoms with Crippen LogP contribution in [0.5, 0.6) is 0 Å². The maximum atomic E-state index is 11.2. The predicted molar refractivity (Wildman–Crippen MR) is 62.8 cm³/mol. The van der Waals surface area contributed by atoms with E-state index < -0.39 is 9.84 Å². The average molecular weight is 245 g/mol. The molecule has 1 atom stereocenters. The van der Waals surface area contributed by atoms with Crippen molar-refractivity contribution < 1.29 is 8.42 Å². The molecule has 0 aromatic heterocycles. The minimum absolute atomic E-state index is 0.194. The van der Waals surface area contributed by atoms with Crippen LogP contribution in [0.2, 0.25) is 0 Å². The summed E-state index contributed by atoms with van der Waals surface area (Å²) in [5.74, 6) is 0.442. The van der Waals surface area contributed by atoms with Crippen molar-refractivity contribution in [2.75, 3.05) is 37.7 Å². The Balaban J connectivity index is 2.34. The summed E-state index contributed by atoms with van der Waals surface area (Å²) in [7, 11) is -2.82. The van der Waals surface area contributed by atoms with Crippen LogP contribution in [0.15, 0.2) is 0 Å². The van der Waals surface area contributed by atoms with Gasteiger partial charge in [-0.05, 0) is 13.0 Å². The molecule has 0 saturated carbocycles. The quantitative estimate of drug-likeness (QED) is 0.714. The van der Waals surface area contributed by atoms with Crippen LogP contribution in [0.25, 0.3) is 0 Å². The van der Waals surface area contributed by atoms with Crippen LogP contribution < -0.4 is 5.32 Å². The third kappa shape index (κ3) is 4.47. The topological polar surface area (TPSA) is 73.2 Å². The highest BCUT2D eigenvalue weighted by atomic mass is 32.2. The fourth-order valence-corrected chi connectivity index (χ4v) is 2.94. The maximum Gasteiger partial charge on any atom is 0.152 e. The van der Waals surface area contributed by atoms with Gasteiger partial charge in [0, 0.05) is 19.6 Å². The Hall–Kier alpha value is -0.640. The van der Waals surface area contributed by atoms with Crippen LogP contribution in [0.3, 0.4) is 0 Å². The van der Waals surface area contributed by atoms with Crippen molar-refractivity contribution in [2.45, 2.75) is 19.4 Å². The van der Waals surface area contributed by atoms with Gasteiger partial charge in [0.05, 0.1) is 17.6 Å². The van der Waals surface area contributed by atoms with E-state index in [9.17, 15) is 8.42 Å². The summed E-state index contributed by atoms with van der Waals surface area (Å²) in [4.78, 5) is 2.04. The Morgan fingerprint density at radius 1 is 1.44 bits per heavy atom. The lowest BCUT2D eigenvalue weighted by molar-refractivity contribution is 0.277. The van der Waals surface area contributed by atoms with Gasteiger partial charge in [0.1, 0.15) is 6.04 Å². The molecule has 0 radical (unpaired) electrons. The molecule has 5 nitrogen and oxygen atoms in total. The maximum absolute atomic E-state index is 11.2. The standard InChI is InChI=1S/C10H19N3O2S/c1-2-3-12-10(8-11)9-13-4-6-16(14,15)7-5-13/h10,12H,2-7,9H2,1H3. The van der Waals surface area contributed by atoms with E-state index in [2.05, 4.69) is 18.3 Å². The highest BCUT2D eigenvalue weighted by Gasteiger charge is 2.23. The van der Waals surface area contributed by atoms with Gasteiger partial charge in [-0.3, -0.25) is 4.90 Å². The molecule has 1 saturated heterocycles. The van der Waals surface area contributed by atoms with Crippen LogP contribution in [0.1, 0.15) is 13.3 Å². The lowest BCUT2D eigenvalue weighted by atomic mass is 10.3. The second kappa shape index (κ2) is 6.18. The number of rotatable bonds is 5.